The van der Waals surface area contributed by atoms with Crippen molar-refractivity contribution in [2.24, 2.45) is 0 Å². The number of hydrogen-bond acceptors (Lipinski definition) is 3. The van der Waals surface area contributed by atoms with Gasteiger partial charge in [-0.2, -0.15) is 0 Å². The number of aryl methyl sites for hydroxylation is 1. The zero-order chi connectivity index (χ0) is 33.8. The molecule has 0 amide bonds. The van der Waals surface area contributed by atoms with Crippen LogP contribution >= 0.6 is 0 Å². The van der Waals surface area contributed by atoms with Crippen molar-refractivity contribution in [1.82, 2.24) is 0 Å². The molecule has 0 saturated heterocycles. The fourth-order valence-corrected chi connectivity index (χ4v) is 14.0. The summed E-state index contributed by atoms with van der Waals surface area (Å²) in [6, 6.07) is 62.6. The zero-order valence-electron chi connectivity index (χ0n) is 28.3. The van der Waals surface area contributed by atoms with Crippen molar-refractivity contribution in [2.75, 3.05) is 13.7 Å². The highest BCUT2D eigenvalue weighted by atomic mass is 28.4. The van der Waals surface area contributed by atoms with Gasteiger partial charge in [0.05, 0.1) is 0 Å². The maximum atomic E-state index is 2.70. The van der Waals surface area contributed by atoms with Crippen LogP contribution in [0.3, 0.4) is 0 Å². The molecule has 0 bridgehead atoms. The summed E-state index contributed by atoms with van der Waals surface area (Å²) in [5.74, 6) is 0. The van der Waals surface area contributed by atoms with Crippen LogP contribution in [0.5, 0.6) is 0 Å². The molecule has 244 valence electrons. The number of allylic oxidation sites excluding steroid dienone is 1. The van der Waals surface area contributed by atoms with E-state index >= 15 is 0 Å². The summed E-state index contributed by atoms with van der Waals surface area (Å²) in [5.41, 5.74) is 5.42. The molecule has 51 heavy (non-hydrogen) atoms. The molecule has 2 heterocycles. The van der Waals surface area contributed by atoms with Gasteiger partial charge in [-0.05, 0) is 69.7 Å². The van der Waals surface area contributed by atoms with E-state index in [9.17, 15) is 0 Å². The molecule has 3 nitrogen and oxygen atoms in total. The van der Waals surface area contributed by atoms with E-state index in [1.165, 1.54) is 65.7 Å². The number of hydrogen-bond donors (Lipinski definition) is 0. The summed E-state index contributed by atoms with van der Waals surface area (Å²) in [5, 5.41) is 10.2. The van der Waals surface area contributed by atoms with Gasteiger partial charge in [0, 0.05) is 51.2 Å². The summed E-state index contributed by atoms with van der Waals surface area (Å²) in [7, 11) is -3.00. The van der Waals surface area contributed by atoms with Gasteiger partial charge in [0.15, 0.2) is 0 Å². The number of rotatable bonds is 6. The summed E-state index contributed by atoms with van der Waals surface area (Å²) in [4.78, 5) is 0. The fraction of sp³-hybridized carbons (Fsp3) is 0.0638. The Hall–Kier alpha value is -6.10. The minimum absolute atomic E-state index is 0.253. The monoisotopic (exact) mass is 671 g/mol. The lowest BCUT2D eigenvalue weighted by atomic mass is 10.00. The highest BCUT2D eigenvalue weighted by Crippen LogP contribution is 2.52. The van der Waals surface area contributed by atoms with Crippen molar-refractivity contribution in [3.8, 4) is 0 Å². The van der Waals surface area contributed by atoms with Crippen molar-refractivity contribution in [3.05, 3.63) is 200 Å². The minimum Gasteiger partial charge on any atom is -0.339 e. The highest BCUT2D eigenvalue weighted by Gasteiger charge is 2.62. The van der Waals surface area contributed by atoms with Crippen LogP contribution in [0.1, 0.15) is 12.0 Å². The average Bonchev–Trinajstić information content (AvgIpc) is 3.77. The Balaban J connectivity index is 1.23. The quantitative estimate of drug-likeness (QED) is 0.163. The molecular weight excluding hydrogens is 635 g/mol. The number of benzene rings is 8. The second-order valence-electron chi connectivity index (χ2n) is 13.7. The molecule has 2 aliphatic rings. The van der Waals surface area contributed by atoms with Crippen LogP contribution in [0.25, 0.3) is 43.1 Å². The SMILES string of the molecule is C1=CN(c2cccc3ccccc23)[Si]2(C1CCc1cccc3ccccc13)N(c1cccc3ccccc13)C=CN2c1cccc2ccccc12. The minimum atomic E-state index is -3.00. The summed E-state index contributed by atoms with van der Waals surface area (Å²) < 4.78 is 8.10. The molecule has 0 aliphatic carbocycles. The molecule has 0 saturated carbocycles. The Morgan fingerprint density at radius 3 is 1.24 bits per heavy atom. The average molecular weight is 672 g/mol. The second-order valence-corrected chi connectivity index (χ2v) is 17.3. The van der Waals surface area contributed by atoms with Crippen molar-refractivity contribution >= 4 is 68.7 Å². The number of fused-ring (bicyclic) bond motifs is 4. The normalized spacial score (nSPS) is 16.5. The van der Waals surface area contributed by atoms with Gasteiger partial charge in [-0.15, -0.1) is 0 Å². The molecule has 0 radical (unpaired) electrons. The molecule has 0 aromatic heterocycles. The molecule has 0 fully saturated rings. The third-order valence-electron chi connectivity index (χ3n) is 11.1. The van der Waals surface area contributed by atoms with E-state index in [1.807, 2.05) is 0 Å². The van der Waals surface area contributed by atoms with E-state index < -0.39 is 8.56 Å². The largest absolute Gasteiger partial charge is 0.399 e. The van der Waals surface area contributed by atoms with E-state index in [4.69, 9.17) is 0 Å². The smallest absolute Gasteiger partial charge is 0.339 e. The van der Waals surface area contributed by atoms with Crippen LogP contribution in [0.2, 0.25) is 5.54 Å². The maximum absolute atomic E-state index is 3.00. The Kier molecular flexibility index (Phi) is 7.03. The summed E-state index contributed by atoms with van der Waals surface area (Å²) in [6.07, 6.45) is 11.7. The van der Waals surface area contributed by atoms with Crippen LogP contribution in [0.4, 0.5) is 17.1 Å². The van der Waals surface area contributed by atoms with E-state index in [2.05, 4.69) is 208 Å². The van der Waals surface area contributed by atoms with Crippen LogP contribution < -0.4 is 13.7 Å². The third-order valence-corrected chi connectivity index (χ3v) is 15.8. The standard InChI is InChI=1S/C47H37N3Si/c1-5-22-41-35(13-1)17-9-18-39(41)29-30-40-31-32-48(45-26-10-19-36-14-2-6-23-42(36)45)51(40)49(46-27-11-20-37-15-3-7-24-43(37)46)33-34-50(51)47-28-12-21-38-16-4-8-25-44(38)47/h1-28,31-34,40H,29-30H2. The van der Waals surface area contributed by atoms with Gasteiger partial charge >= 0.3 is 8.56 Å². The first-order chi connectivity index (χ1) is 25.3. The number of anilines is 3. The lowest BCUT2D eigenvalue weighted by Gasteiger charge is -2.49. The summed E-state index contributed by atoms with van der Waals surface area (Å²) >= 11 is 0. The second kappa shape index (κ2) is 12.0. The molecule has 8 aromatic carbocycles. The number of nitrogens with zero attached hydrogens (tertiary/aromatic N) is 3. The fourth-order valence-electron chi connectivity index (χ4n) is 8.80. The lowest BCUT2D eigenvalue weighted by Crippen LogP contribution is -2.71. The van der Waals surface area contributed by atoms with Crippen LogP contribution in [0.15, 0.2) is 195 Å². The first kappa shape index (κ1) is 29.8. The molecule has 0 N–H and O–H groups in total. The molecule has 4 heteroatoms. The maximum Gasteiger partial charge on any atom is 0.399 e. The lowest BCUT2D eigenvalue weighted by molar-refractivity contribution is 0.815. The predicted molar refractivity (Wildman–Crippen MR) is 219 cm³/mol. The van der Waals surface area contributed by atoms with Crippen LogP contribution in [-0.2, 0) is 6.42 Å². The van der Waals surface area contributed by atoms with Crippen molar-refractivity contribution in [3.63, 3.8) is 0 Å². The topological polar surface area (TPSA) is 9.72 Å². The van der Waals surface area contributed by atoms with Crippen molar-refractivity contribution in [2.45, 2.75) is 18.4 Å². The van der Waals surface area contributed by atoms with E-state index in [0.717, 1.165) is 12.8 Å². The van der Waals surface area contributed by atoms with Gasteiger partial charge in [-0.1, -0.05) is 158 Å². The molecule has 10 rings (SSSR count). The van der Waals surface area contributed by atoms with Crippen molar-refractivity contribution < 1.29 is 0 Å². The van der Waals surface area contributed by atoms with Gasteiger partial charge in [0.2, 0.25) is 0 Å². The van der Waals surface area contributed by atoms with E-state index in [-0.39, 0.29) is 5.54 Å². The Morgan fingerprint density at radius 1 is 0.373 bits per heavy atom. The van der Waals surface area contributed by atoms with Crippen LogP contribution in [0, 0.1) is 0 Å². The van der Waals surface area contributed by atoms with E-state index in [1.54, 1.807) is 0 Å². The van der Waals surface area contributed by atoms with Gasteiger partial charge in [0.25, 0.3) is 0 Å². The van der Waals surface area contributed by atoms with Crippen molar-refractivity contribution in [1.29, 1.82) is 0 Å². The van der Waals surface area contributed by atoms with E-state index in [0.29, 0.717) is 0 Å². The van der Waals surface area contributed by atoms with Gasteiger partial charge in [0.1, 0.15) is 0 Å². The summed E-state index contributed by atoms with van der Waals surface area (Å²) in [6.45, 7) is 0. The van der Waals surface area contributed by atoms with Gasteiger partial charge < -0.3 is 13.7 Å². The molecule has 1 unspecified atom stereocenters. The highest BCUT2D eigenvalue weighted by molar-refractivity contribution is 6.94. The first-order valence-corrected chi connectivity index (χ1v) is 19.9. The first-order valence-electron chi connectivity index (χ1n) is 18.0. The molecule has 8 aromatic rings. The molecular formula is C47H37N3Si. The predicted octanol–water partition coefficient (Wildman–Crippen LogP) is 12.1. The third kappa shape index (κ3) is 4.64. The molecule has 2 aliphatic heterocycles. The Bertz CT molecular complexity index is 2440. The Morgan fingerprint density at radius 2 is 0.745 bits per heavy atom. The van der Waals surface area contributed by atoms with Gasteiger partial charge in [-0.3, -0.25) is 0 Å². The molecule has 1 atom stereocenters. The Labute approximate surface area is 299 Å². The zero-order valence-corrected chi connectivity index (χ0v) is 29.3. The van der Waals surface area contributed by atoms with Crippen LogP contribution in [-0.4, -0.2) is 8.56 Å². The van der Waals surface area contributed by atoms with Gasteiger partial charge in [-0.25, -0.2) is 0 Å². The molecule has 1 spiro atoms.